The monoisotopic (exact) mass is 374 g/mol. The molecule has 0 aliphatic carbocycles. The first-order valence-electron chi connectivity index (χ1n) is 10.5. The van der Waals surface area contributed by atoms with Gasteiger partial charge in [0.1, 0.15) is 0 Å². The van der Waals surface area contributed by atoms with Gasteiger partial charge in [0.15, 0.2) is 5.82 Å². The van der Waals surface area contributed by atoms with Gasteiger partial charge in [-0.05, 0) is 70.6 Å². The molecular weight excluding hydrogens is 336 g/mol. The predicted octanol–water partition coefficient (Wildman–Crippen LogP) is 3.30. The van der Waals surface area contributed by atoms with Gasteiger partial charge in [0.2, 0.25) is 0 Å². The van der Waals surface area contributed by atoms with E-state index in [1.54, 1.807) is 0 Å². The first kappa shape index (κ1) is 21.5. The molecule has 6 heteroatoms. The Hall–Kier alpha value is -1.79. The minimum absolute atomic E-state index is 0.406. The standard InChI is InChI=1S/C21H38N6/c1-5-18(12-13-22)26(8-4)21-19-16-17(23)10-11-20(19)27(24-21)15-9-14-25(6-2)7-3/h10-11,16,18H,5-9,12-15,22-23H2,1-4H3. The van der Waals surface area contributed by atoms with Crippen molar-refractivity contribution < 1.29 is 0 Å². The van der Waals surface area contributed by atoms with Crippen molar-refractivity contribution in [1.82, 2.24) is 14.7 Å². The molecule has 0 fully saturated rings. The number of aryl methyl sites for hydroxylation is 1. The summed E-state index contributed by atoms with van der Waals surface area (Å²) in [5, 5.41) is 6.18. The highest BCUT2D eigenvalue weighted by Gasteiger charge is 2.21. The van der Waals surface area contributed by atoms with Crippen LogP contribution in [0.25, 0.3) is 10.9 Å². The Morgan fingerprint density at radius 1 is 1.11 bits per heavy atom. The van der Waals surface area contributed by atoms with Crippen LogP contribution in [0.3, 0.4) is 0 Å². The molecule has 1 heterocycles. The molecule has 1 atom stereocenters. The first-order valence-corrected chi connectivity index (χ1v) is 10.5. The summed E-state index contributed by atoms with van der Waals surface area (Å²) < 4.78 is 2.16. The Morgan fingerprint density at radius 3 is 2.44 bits per heavy atom. The maximum Gasteiger partial charge on any atom is 0.158 e. The highest BCUT2D eigenvalue weighted by Crippen LogP contribution is 2.30. The summed E-state index contributed by atoms with van der Waals surface area (Å²) in [7, 11) is 0. The van der Waals surface area contributed by atoms with Gasteiger partial charge in [-0.1, -0.05) is 20.8 Å². The van der Waals surface area contributed by atoms with Crippen LogP contribution in [-0.2, 0) is 6.54 Å². The summed E-state index contributed by atoms with van der Waals surface area (Å²) in [6.07, 6.45) is 3.13. The van der Waals surface area contributed by atoms with Crippen LogP contribution in [0.2, 0.25) is 0 Å². The summed E-state index contributed by atoms with van der Waals surface area (Å²) in [5.41, 5.74) is 13.9. The number of nitrogens with zero attached hydrogens (tertiary/aromatic N) is 4. The maximum atomic E-state index is 6.10. The summed E-state index contributed by atoms with van der Waals surface area (Å²) in [6, 6.07) is 6.55. The number of hydrogen-bond acceptors (Lipinski definition) is 5. The Bertz CT molecular complexity index is 691. The molecule has 1 aromatic heterocycles. The van der Waals surface area contributed by atoms with Crippen molar-refractivity contribution in [2.45, 2.75) is 59.5 Å². The van der Waals surface area contributed by atoms with E-state index < -0.39 is 0 Å². The molecule has 27 heavy (non-hydrogen) atoms. The number of aromatic nitrogens is 2. The van der Waals surface area contributed by atoms with Crippen LogP contribution in [0.5, 0.6) is 0 Å². The van der Waals surface area contributed by atoms with Crippen LogP contribution in [0.1, 0.15) is 47.0 Å². The Morgan fingerprint density at radius 2 is 1.85 bits per heavy atom. The second-order valence-corrected chi connectivity index (χ2v) is 7.13. The van der Waals surface area contributed by atoms with Crippen molar-refractivity contribution in [2.75, 3.05) is 43.4 Å². The van der Waals surface area contributed by atoms with Gasteiger partial charge in [-0.15, -0.1) is 0 Å². The topological polar surface area (TPSA) is 76.3 Å². The lowest BCUT2D eigenvalue weighted by atomic mass is 10.1. The van der Waals surface area contributed by atoms with Gasteiger partial charge < -0.3 is 21.3 Å². The molecule has 0 saturated carbocycles. The zero-order valence-corrected chi connectivity index (χ0v) is 17.6. The lowest BCUT2D eigenvalue weighted by Gasteiger charge is -2.30. The van der Waals surface area contributed by atoms with Gasteiger partial charge in [0.25, 0.3) is 0 Å². The zero-order valence-electron chi connectivity index (χ0n) is 17.6. The summed E-state index contributed by atoms with van der Waals surface area (Å²) in [5.74, 6) is 1.04. The molecule has 0 bridgehead atoms. The van der Waals surface area contributed by atoms with E-state index in [-0.39, 0.29) is 0 Å². The third-order valence-corrected chi connectivity index (χ3v) is 5.52. The van der Waals surface area contributed by atoms with Crippen LogP contribution in [0.15, 0.2) is 18.2 Å². The number of benzene rings is 1. The van der Waals surface area contributed by atoms with E-state index in [1.165, 1.54) is 5.52 Å². The van der Waals surface area contributed by atoms with Crippen LogP contribution in [0, 0.1) is 0 Å². The van der Waals surface area contributed by atoms with Gasteiger partial charge >= 0.3 is 0 Å². The van der Waals surface area contributed by atoms with Gasteiger partial charge in [0.05, 0.1) is 5.52 Å². The van der Waals surface area contributed by atoms with Crippen LogP contribution in [0.4, 0.5) is 11.5 Å². The molecule has 0 aliphatic heterocycles. The molecule has 0 saturated heterocycles. The number of rotatable bonds is 12. The molecule has 1 unspecified atom stereocenters. The lowest BCUT2D eigenvalue weighted by Crippen LogP contribution is -2.36. The van der Waals surface area contributed by atoms with Crippen LogP contribution >= 0.6 is 0 Å². The van der Waals surface area contributed by atoms with Crippen molar-refractivity contribution in [2.24, 2.45) is 5.73 Å². The van der Waals surface area contributed by atoms with Crippen LogP contribution in [-0.4, -0.2) is 53.4 Å². The summed E-state index contributed by atoms with van der Waals surface area (Å²) in [4.78, 5) is 4.85. The number of nitrogen functional groups attached to an aromatic ring is 1. The molecule has 0 spiro atoms. The molecule has 0 aliphatic rings. The number of hydrogen-bond donors (Lipinski definition) is 2. The second-order valence-electron chi connectivity index (χ2n) is 7.13. The van der Waals surface area contributed by atoms with Crippen LogP contribution < -0.4 is 16.4 Å². The van der Waals surface area contributed by atoms with Gasteiger partial charge in [-0.2, -0.15) is 5.10 Å². The van der Waals surface area contributed by atoms with Gasteiger partial charge in [0, 0.05) is 30.2 Å². The number of anilines is 2. The van der Waals surface area contributed by atoms with E-state index >= 15 is 0 Å². The van der Waals surface area contributed by atoms with Gasteiger partial charge in [-0.3, -0.25) is 4.68 Å². The number of nitrogens with two attached hydrogens (primary N) is 2. The molecule has 0 amide bonds. The minimum atomic E-state index is 0.406. The van der Waals surface area contributed by atoms with E-state index in [2.05, 4.69) is 54.3 Å². The summed E-state index contributed by atoms with van der Waals surface area (Å²) in [6.45, 7) is 14.7. The molecule has 6 nitrogen and oxygen atoms in total. The molecule has 152 valence electrons. The Balaban J connectivity index is 2.34. The van der Waals surface area contributed by atoms with Crippen molar-refractivity contribution in [3.8, 4) is 0 Å². The molecule has 4 N–H and O–H groups in total. The molecular formula is C21H38N6. The smallest absolute Gasteiger partial charge is 0.158 e. The highest BCUT2D eigenvalue weighted by molar-refractivity contribution is 5.93. The third kappa shape index (κ3) is 5.14. The first-order chi connectivity index (χ1) is 13.1. The average molecular weight is 375 g/mol. The Labute approximate surface area is 164 Å². The largest absolute Gasteiger partial charge is 0.399 e. The van der Waals surface area contributed by atoms with Crippen molar-refractivity contribution in [3.05, 3.63) is 18.2 Å². The fraction of sp³-hybridized carbons (Fsp3) is 0.667. The molecule has 1 aromatic carbocycles. The van der Waals surface area contributed by atoms with E-state index in [0.717, 1.165) is 68.9 Å². The fourth-order valence-electron chi connectivity index (χ4n) is 3.90. The van der Waals surface area contributed by atoms with Crippen molar-refractivity contribution in [3.63, 3.8) is 0 Å². The minimum Gasteiger partial charge on any atom is -0.399 e. The molecule has 0 radical (unpaired) electrons. The fourth-order valence-corrected chi connectivity index (χ4v) is 3.90. The van der Waals surface area contributed by atoms with E-state index in [4.69, 9.17) is 16.6 Å². The average Bonchev–Trinajstić information content (AvgIpc) is 3.02. The van der Waals surface area contributed by atoms with Crippen molar-refractivity contribution in [1.29, 1.82) is 0 Å². The maximum absolute atomic E-state index is 6.10. The molecule has 2 aromatic rings. The SMILES string of the molecule is CCC(CCN)N(CC)c1nn(CCCN(CC)CC)c2ccc(N)cc12. The van der Waals surface area contributed by atoms with Crippen molar-refractivity contribution >= 4 is 22.4 Å². The van der Waals surface area contributed by atoms with E-state index in [1.807, 2.05) is 6.07 Å². The van der Waals surface area contributed by atoms with E-state index in [9.17, 15) is 0 Å². The third-order valence-electron chi connectivity index (χ3n) is 5.52. The number of fused-ring (bicyclic) bond motifs is 1. The highest BCUT2D eigenvalue weighted by atomic mass is 15.4. The quantitative estimate of drug-likeness (QED) is 0.558. The normalized spacial score (nSPS) is 12.8. The Kier molecular flexibility index (Phi) is 8.38. The second kappa shape index (κ2) is 10.5. The van der Waals surface area contributed by atoms with Gasteiger partial charge in [-0.25, -0.2) is 0 Å². The summed E-state index contributed by atoms with van der Waals surface area (Å²) >= 11 is 0. The zero-order chi connectivity index (χ0) is 19.8. The predicted molar refractivity (Wildman–Crippen MR) is 117 cm³/mol. The van der Waals surface area contributed by atoms with E-state index in [0.29, 0.717) is 12.6 Å². The molecule has 2 rings (SSSR count). The lowest BCUT2D eigenvalue weighted by molar-refractivity contribution is 0.292.